The molecule has 0 fully saturated rings. The van der Waals surface area contributed by atoms with Crippen LogP contribution in [0.1, 0.15) is 44.3 Å². The zero-order valence-corrected chi connectivity index (χ0v) is 14.6. The normalized spacial score (nSPS) is 11.1. The van der Waals surface area contributed by atoms with Gasteiger partial charge >= 0.3 is 0 Å². The fourth-order valence-corrected chi connectivity index (χ4v) is 2.41. The Morgan fingerprint density at radius 3 is 2.88 bits per heavy atom. The molecule has 0 bridgehead atoms. The number of hydrogen-bond acceptors (Lipinski definition) is 5. The average molecular weight is 357 g/mol. The van der Waals surface area contributed by atoms with Crippen molar-refractivity contribution in [2.75, 3.05) is 5.32 Å². The molecule has 8 heteroatoms. The van der Waals surface area contributed by atoms with Gasteiger partial charge in [-0.3, -0.25) is 4.79 Å². The summed E-state index contributed by atoms with van der Waals surface area (Å²) in [6.07, 6.45) is 4.60. The van der Waals surface area contributed by atoms with Crippen LogP contribution in [0.5, 0.6) is 0 Å². The number of carbonyl (C=O) groups is 1. The summed E-state index contributed by atoms with van der Waals surface area (Å²) in [5, 5.41) is 10.6. The van der Waals surface area contributed by atoms with Crippen molar-refractivity contribution < 1.29 is 13.7 Å². The van der Waals surface area contributed by atoms with Gasteiger partial charge in [-0.1, -0.05) is 19.0 Å². The van der Waals surface area contributed by atoms with Crippen LogP contribution in [0.4, 0.5) is 10.1 Å². The van der Waals surface area contributed by atoms with E-state index in [9.17, 15) is 9.18 Å². The van der Waals surface area contributed by atoms with E-state index in [0.29, 0.717) is 35.9 Å². The van der Waals surface area contributed by atoms with Crippen LogP contribution in [0.15, 0.2) is 41.2 Å². The van der Waals surface area contributed by atoms with Crippen molar-refractivity contribution in [3.8, 4) is 5.69 Å². The molecule has 0 radical (unpaired) electrons. The van der Waals surface area contributed by atoms with Gasteiger partial charge in [0.25, 0.3) is 0 Å². The first kappa shape index (κ1) is 17.8. The number of rotatable bonds is 7. The Labute approximate surface area is 150 Å². The zero-order valence-electron chi connectivity index (χ0n) is 14.6. The van der Waals surface area contributed by atoms with Gasteiger partial charge in [0.2, 0.25) is 11.8 Å². The van der Waals surface area contributed by atoms with Gasteiger partial charge in [-0.05, 0) is 30.7 Å². The highest BCUT2D eigenvalue weighted by Gasteiger charge is 2.11. The van der Waals surface area contributed by atoms with E-state index in [1.165, 1.54) is 10.7 Å². The number of nitrogens with zero attached hydrogens (tertiary/aromatic N) is 4. The first-order valence-electron chi connectivity index (χ1n) is 8.45. The van der Waals surface area contributed by atoms with Crippen LogP contribution in [0.2, 0.25) is 0 Å². The van der Waals surface area contributed by atoms with Crippen LogP contribution < -0.4 is 5.32 Å². The lowest BCUT2D eigenvalue weighted by atomic mass is 10.2. The van der Waals surface area contributed by atoms with Crippen molar-refractivity contribution in [3.05, 3.63) is 54.2 Å². The molecule has 2 aromatic heterocycles. The highest BCUT2D eigenvalue weighted by atomic mass is 19.1. The Bertz CT molecular complexity index is 874. The topological polar surface area (TPSA) is 85.8 Å². The number of carbonyl (C=O) groups excluding carboxylic acids is 1. The minimum atomic E-state index is -0.460. The summed E-state index contributed by atoms with van der Waals surface area (Å²) < 4.78 is 20.7. The average Bonchev–Trinajstić information content (AvgIpc) is 3.26. The third kappa shape index (κ3) is 4.33. The predicted octanol–water partition coefficient (Wildman–Crippen LogP) is 3.48. The Morgan fingerprint density at radius 2 is 2.23 bits per heavy atom. The van der Waals surface area contributed by atoms with Crippen LogP contribution in [-0.2, 0) is 11.2 Å². The van der Waals surface area contributed by atoms with Crippen LogP contribution in [0, 0.1) is 5.82 Å². The molecule has 1 amide bonds. The van der Waals surface area contributed by atoms with Crippen molar-refractivity contribution in [2.24, 2.45) is 0 Å². The lowest BCUT2D eigenvalue weighted by Crippen LogP contribution is -2.12. The van der Waals surface area contributed by atoms with Gasteiger partial charge in [0, 0.05) is 36.8 Å². The molecular weight excluding hydrogens is 337 g/mol. The monoisotopic (exact) mass is 357 g/mol. The molecule has 0 saturated carbocycles. The Morgan fingerprint density at radius 1 is 1.38 bits per heavy atom. The van der Waals surface area contributed by atoms with Crippen LogP contribution in [-0.4, -0.2) is 25.8 Å². The van der Waals surface area contributed by atoms with E-state index in [2.05, 4.69) is 20.6 Å². The maximum Gasteiger partial charge on any atom is 0.226 e. The van der Waals surface area contributed by atoms with E-state index < -0.39 is 5.82 Å². The largest absolute Gasteiger partial charge is 0.339 e. The maximum absolute atomic E-state index is 14.2. The van der Waals surface area contributed by atoms with Crippen molar-refractivity contribution >= 4 is 11.6 Å². The van der Waals surface area contributed by atoms with Crippen molar-refractivity contribution in [1.29, 1.82) is 0 Å². The molecular formula is C18H20FN5O2. The number of aryl methyl sites for hydroxylation is 1. The second-order valence-corrected chi connectivity index (χ2v) is 6.22. The smallest absolute Gasteiger partial charge is 0.226 e. The van der Waals surface area contributed by atoms with Crippen molar-refractivity contribution in [1.82, 2.24) is 19.9 Å². The molecule has 7 nitrogen and oxygen atoms in total. The molecule has 0 unspecified atom stereocenters. The van der Waals surface area contributed by atoms with E-state index in [1.807, 2.05) is 13.8 Å². The lowest BCUT2D eigenvalue weighted by Gasteiger charge is -2.08. The second-order valence-electron chi connectivity index (χ2n) is 6.22. The number of halogens is 1. The SMILES string of the molecule is CC(C)c1noc(CCCC(=O)Nc2ccc(-n3cccn3)c(F)c2)n1. The summed E-state index contributed by atoms with van der Waals surface area (Å²) >= 11 is 0. The van der Waals surface area contributed by atoms with Gasteiger partial charge in [-0.15, -0.1) is 0 Å². The molecule has 0 aliphatic heterocycles. The fraction of sp³-hybridized carbons (Fsp3) is 0.333. The zero-order chi connectivity index (χ0) is 18.5. The first-order valence-corrected chi connectivity index (χ1v) is 8.45. The van der Waals surface area contributed by atoms with Crippen LogP contribution in [0.25, 0.3) is 5.69 Å². The summed E-state index contributed by atoms with van der Waals surface area (Å²) in [7, 11) is 0. The van der Waals surface area contributed by atoms with E-state index in [-0.39, 0.29) is 18.2 Å². The summed E-state index contributed by atoms with van der Waals surface area (Å²) in [6.45, 7) is 3.97. The molecule has 0 saturated heterocycles. The number of anilines is 1. The van der Waals surface area contributed by atoms with Gasteiger partial charge < -0.3 is 9.84 Å². The minimum Gasteiger partial charge on any atom is -0.339 e. The third-order valence-corrected chi connectivity index (χ3v) is 3.78. The number of amides is 1. The number of nitrogens with one attached hydrogen (secondary N) is 1. The maximum atomic E-state index is 14.2. The minimum absolute atomic E-state index is 0.195. The molecule has 3 rings (SSSR count). The highest BCUT2D eigenvalue weighted by molar-refractivity contribution is 5.90. The first-order chi connectivity index (χ1) is 12.5. The van der Waals surface area contributed by atoms with Gasteiger partial charge in [-0.25, -0.2) is 9.07 Å². The van der Waals surface area contributed by atoms with E-state index in [4.69, 9.17) is 4.52 Å². The predicted molar refractivity (Wildman–Crippen MR) is 93.5 cm³/mol. The molecule has 0 spiro atoms. The molecule has 3 aromatic rings. The summed E-state index contributed by atoms with van der Waals surface area (Å²) in [5.41, 5.74) is 0.730. The number of aromatic nitrogens is 4. The van der Waals surface area contributed by atoms with Gasteiger partial charge in [0.1, 0.15) is 5.69 Å². The highest BCUT2D eigenvalue weighted by Crippen LogP contribution is 2.18. The molecule has 2 heterocycles. The quantitative estimate of drug-likeness (QED) is 0.700. The fourth-order valence-electron chi connectivity index (χ4n) is 2.41. The molecule has 0 aliphatic carbocycles. The summed E-state index contributed by atoms with van der Waals surface area (Å²) in [6, 6.07) is 6.21. The van der Waals surface area contributed by atoms with Crippen LogP contribution >= 0.6 is 0 Å². The van der Waals surface area contributed by atoms with Crippen LogP contribution in [0.3, 0.4) is 0 Å². The molecule has 1 N–H and O–H groups in total. The molecule has 0 aliphatic rings. The number of benzene rings is 1. The van der Waals surface area contributed by atoms with Gasteiger partial charge in [0.05, 0.1) is 0 Å². The molecule has 26 heavy (non-hydrogen) atoms. The number of hydrogen-bond donors (Lipinski definition) is 1. The van der Waals surface area contributed by atoms with E-state index in [1.54, 1.807) is 30.6 Å². The van der Waals surface area contributed by atoms with E-state index >= 15 is 0 Å². The molecule has 0 atom stereocenters. The second kappa shape index (κ2) is 7.90. The Hall–Kier alpha value is -3.03. The lowest BCUT2D eigenvalue weighted by molar-refractivity contribution is -0.116. The molecule has 136 valence electrons. The Kier molecular flexibility index (Phi) is 5.40. The summed E-state index contributed by atoms with van der Waals surface area (Å²) in [5.74, 6) is 0.738. The van der Waals surface area contributed by atoms with Crippen molar-refractivity contribution in [2.45, 2.75) is 39.0 Å². The van der Waals surface area contributed by atoms with E-state index in [0.717, 1.165) is 0 Å². The van der Waals surface area contributed by atoms with Crippen molar-refractivity contribution in [3.63, 3.8) is 0 Å². The van der Waals surface area contributed by atoms with Gasteiger partial charge in [0.15, 0.2) is 11.6 Å². The summed E-state index contributed by atoms with van der Waals surface area (Å²) in [4.78, 5) is 16.3. The Balaban J connectivity index is 1.51. The van der Waals surface area contributed by atoms with Gasteiger partial charge in [-0.2, -0.15) is 10.1 Å². The standard InChI is InChI=1S/C18H20FN5O2/c1-12(2)18-22-17(26-23-18)6-3-5-16(25)21-13-7-8-15(14(19)11-13)24-10-4-9-20-24/h4,7-12H,3,5-6H2,1-2H3,(H,21,25). The molecule has 1 aromatic carbocycles. The third-order valence-electron chi connectivity index (χ3n) is 3.78.